The molecule has 6 unspecified atom stereocenters. The molecule has 2 fully saturated rings. The van der Waals surface area contributed by atoms with E-state index in [0.717, 1.165) is 31.3 Å². The smallest absolute Gasteiger partial charge is 0.397 e. The summed E-state index contributed by atoms with van der Waals surface area (Å²) >= 11 is 0. The Hall–Kier alpha value is -3.43. The van der Waals surface area contributed by atoms with Gasteiger partial charge in [-0.15, -0.1) is 0 Å². The van der Waals surface area contributed by atoms with E-state index in [1.54, 1.807) is 6.08 Å². The molecule has 0 radical (unpaired) electrons. The third-order valence-electron chi connectivity index (χ3n) is 9.90. The molecule has 1 aromatic rings. The number of ether oxygens (including phenoxy) is 1. The summed E-state index contributed by atoms with van der Waals surface area (Å²) in [5.41, 5.74) is 2.26. The molecule has 8 nitrogen and oxygen atoms in total. The second-order valence-electron chi connectivity index (χ2n) is 13.1. The predicted molar refractivity (Wildman–Crippen MR) is 163 cm³/mol. The molecule has 0 amide bonds. The predicted octanol–water partition coefficient (Wildman–Crippen LogP) is 5.85. The summed E-state index contributed by atoms with van der Waals surface area (Å²) in [5, 5.41) is 16.7. The van der Waals surface area contributed by atoms with Crippen molar-refractivity contribution in [2.45, 2.75) is 76.7 Å². The van der Waals surface area contributed by atoms with Crippen LogP contribution in [0.1, 0.15) is 57.9 Å². The van der Waals surface area contributed by atoms with Crippen LogP contribution < -0.4 is 15.4 Å². The summed E-state index contributed by atoms with van der Waals surface area (Å²) in [5.74, 6) is -1.84. The van der Waals surface area contributed by atoms with Gasteiger partial charge < -0.3 is 25.2 Å². The molecule has 2 N–H and O–H groups in total. The lowest BCUT2D eigenvalue weighted by Crippen LogP contribution is -2.56. The molecule has 4 heterocycles. The Labute approximate surface area is 261 Å². The second-order valence-corrected chi connectivity index (χ2v) is 13.1. The Bertz CT molecular complexity index is 1450. The van der Waals surface area contributed by atoms with Crippen molar-refractivity contribution in [1.82, 2.24) is 25.1 Å². The molecule has 2 saturated heterocycles. The topological polar surface area (TPSA) is 89.3 Å². The number of allylic oxidation sites excluding steroid dienone is 5. The monoisotopic (exact) mass is 627 g/mol. The van der Waals surface area contributed by atoms with E-state index in [0.29, 0.717) is 50.1 Å². The quantitative estimate of drug-likeness (QED) is 0.288. The molecule has 7 rings (SSSR count). The molecule has 3 aliphatic carbocycles. The van der Waals surface area contributed by atoms with Gasteiger partial charge in [-0.05, 0) is 51.6 Å². The summed E-state index contributed by atoms with van der Waals surface area (Å²) in [6.07, 6.45) is 5.64. The molecule has 0 saturated carbocycles. The maximum Gasteiger partial charge on any atom is 0.397 e. The minimum absolute atomic E-state index is 0.00661. The molecule has 45 heavy (non-hydrogen) atoms. The van der Waals surface area contributed by atoms with E-state index in [1.807, 2.05) is 11.9 Å². The molecule has 12 heteroatoms. The molecular weight excluding hydrogens is 586 g/mol. The summed E-state index contributed by atoms with van der Waals surface area (Å²) in [6.45, 7) is 6.68. The van der Waals surface area contributed by atoms with Crippen LogP contribution in [0.3, 0.4) is 0 Å². The van der Waals surface area contributed by atoms with Crippen LogP contribution in [-0.2, 0) is 0 Å². The summed E-state index contributed by atoms with van der Waals surface area (Å²) < 4.78 is 64.9. The highest BCUT2D eigenvalue weighted by Gasteiger charge is 2.47. The minimum atomic E-state index is -4.41. The van der Waals surface area contributed by atoms with Crippen LogP contribution in [0, 0.1) is 29.1 Å². The van der Waals surface area contributed by atoms with Crippen LogP contribution in [0.2, 0.25) is 0 Å². The Morgan fingerprint density at radius 3 is 2.62 bits per heavy atom. The van der Waals surface area contributed by atoms with Crippen molar-refractivity contribution in [3.63, 3.8) is 0 Å². The third kappa shape index (κ3) is 6.47. The van der Waals surface area contributed by atoms with E-state index < -0.39 is 18.1 Å². The number of aromatic nitrogens is 2. The van der Waals surface area contributed by atoms with Crippen molar-refractivity contribution in [2.24, 2.45) is 17.8 Å². The van der Waals surface area contributed by atoms with Gasteiger partial charge in [0.15, 0.2) is 11.4 Å². The van der Waals surface area contributed by atoms with Gasteiger partial charge in [0.2, 0.25) is 5.88 Å². The average Bonchev–Trinajstić information content (AvgIpc) is 2.96. The first-order valence-corrected chi connectivity index (χ1v) is 16.0. The lowest BCUT2D eigenvalue weighted by Gasteiger charge is -2.46. The van der Waals surface area contributed by atoms with E-state index in [9.17, 15) is 18.4 Å². The van der Waals surface area contributed by atoms with Crippen LogP contribution in [0.4, 0.5) is 23.4 Å². The normalized spacial score (nSPS) is 30.5. The van der Waals surface area contributed by atoms with E-state index in [1.165, 1.54) is 18.0 Å². The lowest BCUT2D eigenvalue weighted by atomic mass is 9.69. The maximum atomic E-state index is 15.7. The minimum Gasteiger partial charge on any atom is -0.442 e. The number of fused-ring (bicyclic) bond motifs is 1. The first kappa shape index (κ1) is 31.5. The highest BCUT2D eigenvalue weighted by atomic mass is 19.4. The molecule has 6 aliphatic rings. The highest BCUT2D eigenvalue weighted by molar-refractivity contribution is 5.57. The van der Waals surface area contributed by atoms with Crippen molar-refractivity contribution in [3.05, 3.63) is 58.5 Å². The first-order chi connectivity index (χ1) is 21.5. The Balaban J connectivity index is 1.25. The number of piperazine rings is 1. The zero-order chi connectivity index (χ0) is 31.9. The van der Waals surface area contributed by atoms with Crippen LogP contribution in [-0.4, -0.2) is 77.3 Å². The van der Waals surface area contributed by atoms with Crippen molar-refractivity contribution in [2.75, 3.05) is 38.5 Å². The number of rotatable bonds is 7. The highest BCUT2D eigenvalue weighted by Crippen LogP contribution is 2.46. The lowest BCUT2D eigenvalue weighted by molar-refractivity contribution is -0.172. The fourth-order valence-corrected chi connectivity index (χ4v) is 7.58. The van der Waals surface area contributed by atoms with Crippen molar-refractivity contribution < 1.29 is 22.3 Å². The fourth-order valence-electron chi connectivity index (χ4n) is 7.58. The van der Waals surface area contributed by atoms with E-state index >= 15 is 4.39 Å². The zero-order valence-corrected chi connectivity index (χ0v) is 26.0. The molecule has 242 valence electrons. The van der Waals surface area contributed by atoms with Gasteiger partial charge in [-0.1, -0.05) is 31.1 Å². The number of nitriles is 1. The number of anilines is 1. The first-order valence-electron chi connectivity index (χ1n) is 16.0. The number of alkyl halides is 3. The Kier molecular flexibility index (Phi) is 8.94. The summed E-state index contributed by atoms with van der Waals surface area (Å²) in [4.78, 5) is 12.4. The van der Waals surface area contributed by atoms with Crippen molar-refractivity contribution in [3.8, 4) is 11.9 Å². The molecule has 3 aliphatic heterocycles. The molecule has 2 bridgehead atoms. The summed E-state index contributed by atoms with van der Waals surface area (Å²) in [7, 11) is 1.97. The number of halogens is 4. The largest absolute Gasteiger partial charge is 0.442 e. The molecule has 6 atom stereocenters. The number of likely N-dealkylation sites (N-methyl/N-ethyl adjacent to an activating group) is 1. The van der Waals surface area contributed by atoms with Gasteiger partial charge in [0.1, 0.15) is 24.0 Å². The third-order valence-corrected chi connectivity index (χ3v) is 9.90. The Morgan fingerprint density at radius 2 is 1.93 bits per heavy atom. The maximum absolute atomic E-state index is 15.7. The average molecular weight is 628 g/mol. The van der Waals surface area contributed by atoms with Crippen LogP contribution >= 0.6 is 0 Å². The van der Waals surface area contributed by atoms with E-state index in [-0.39, 0.29) is 47.4 Å². The van der Waals surface area contributed by atoms with Gasteiger partial charge >= 0.3 is 6.18 Å². The molecule has 1 aromatic heterocycles. The molecular formula is C33H41F4N7O. The van der Waals surface area contributed by atoms with Crippen LogP contribution in [0.5, 0.6) is 5.88 Å². The van der Waals surface area contributed by atoms with Crippen LogP contribution in [0.15, 0.2) is 53.0 Å². The number of hydrogen-bond donors (Lipinski definition) is 2. The van der Waals surface area contributed by atoms with Gasteiger partial charge in [-0.2, -0.15) is 18.4 Å². The van der Waals surface area contributed by atoms with Crippen molar-refractivity contribution >= 4 is 5.82 Å². The SMILES string of the molecule is CCCC1C(Oc2ncnc(NC3CC=C(N4CCN(C)CC4)C(C(F)(F)F)C3)c2C#N)=CC(F)=C2C3CC(CC(C)=CC21)N3. The van der Waals surface area contributed by atoms with Gasteiger partial charge in [-0.3, -0.25) is 0 Å². The van der Waals surface area contributed by atoms with Gasteiger partial charge in [0, 0.05) is 67.9 Å². The number of hydrogen-bond acceptors (Lipinski definition) is 8. The van der Waals surface area contributed by atoms with Gasteiger partial charge in [0.25, 0.3) is 0 Å². The van der Waals surface area contributed by atoms with E-state index in [4.69, 9.17) is 4.74 Å². The standard InChI is InChI=1S/C33H41F4N7O/c1-4-5-22-23-13-19(2)12-21-15-27(41-21)30(23)26(34)16-29(22)45-32-24(17-38)31(39-18-40-32)42-20-6-7-28(25(14-20)33(35,36)37)44-10-8-43(3)9-11-44/h7,13,16,18,20-23,25,27,41H,4-6,8-12,14-15H2,1-3H3,(H,39,40,42). The molecule has 0 spiro atoms. The summed E-state index contributed by atoms with van der Waals surface area (Å²) in [6, 6.07) is 1.84. The number of nitrogens with zero attached hydrogens (tertiary/aromatic N) is 5. The Morgan fingerprint density at radius 1 is 1.18 bits per heavy atom. The second kappa shape index (κ2) is 12.8. The van der Waals surface area contributed by atoms with E-state index in [2.05, 4.69) is 51.5 Å². The van der Waals surface area contributed by atoms with Gasteiger partial charge in [0.05, 0.1) is 5.92 Å². The molecule has 0 aromatic carbocycles. The van der Waals surface area contributed by atoms with Crippen LogP contribution in [0.25, 0.3) is 0 Å². The van der Waals surface area contributed by atoms with Gasteiger partial charge in [-0.25, -0.2) is 14.4 Å². The fraction of sp³-hybridized carbons (Fsp3) is 0.606. The zero-order valence-electron chi connectivity index (χ0n) is 26.0. The van der Waals surface area contributed by atoms with Crippen molar-refractivity contribution in [1.29, 1.82) is 5.26 Å². The number of nitrogens with one attached hydrogen (secondary N) is 2.